The van der Waals surface area contributed by atoms with Crippen LogP contribution in [-0.4, -0.2) is 144 Å². The maximum atomic E-state index is 14.9. The third-order valence-electron chi connectivity index (χ3n) is 16.2. The van der Waals surface area contributed by atoms with E-state index in [-0.39, 0.29) is 49.5 Å². The van der Waals surface area contributed by atoms with Crippen LogP contribution in [-0.2, 0) is 43.3 Å². The van der Waals surface area contributed by atoms with E-state index in [0.717, 1.165) is 88.0 Å². The lowest BCUT2D eigenvalue weighted by Gasteiger charge is -2.36. The number of carbonyl (C=O) groups is 3. The van der Waals surface area contributed by atoms with E-state index in [2.05, 4.69) is 88.5 Å². The number of hydrogen-bond donors (Lipinski definition) is 3. The van der Waals surface area contributed by atoms with E-state index in [4.69, 9.17) is 19.3 Å². The number of ether oxygens (including phenoxy) is 2. The van der Waals surface area contributed by atoms with Crippen LogP contribution in [0.1, 0.15) is 96.6 Å². The molecule has 6 aliphatic rings. The summed E-state index contributed by atoms with van der Waals surface area (Å²) >= 11 is 0. The number of nitrogens with zero attached hydrogens (tertiary/aromatic N) is 7. The second-order valence-corrected chi connectivity index (χ2v) is 22.3. The minimum Gasteiger partial charge on any atom is -0.492 e. The third-order valence-corrected chi connectivity index (χ3v) is 16.2. The van der Waals surface area contributed by atoms with Gasteiger partial charge in [-0.15, -0.1) is 0 Å². The van der Waals surface area contributed by atoms with Gasteiger partial charge in [-0.05, 0) is 111 Å². The highest BCUT2D eigenvalue weighted by Crippen LogP contribution is 2.44. The molecule has 0 spiro atoms. The summed E-state index contributed by atoms with van der Waals surface area (Å²) in [5.74, 6) is -0.994. The highest BCUT2D eigenvalue weighted by Gasteiger charge is 2.43. The first-order valence-electron chi connectivity index (χ1n) is 26.5. The number of fused-ring (bicyclic) bond motifs is 8. The molecule has 1 aliphatic carbocycles. The number of carbonyl (C=O) groups excluding carboxylic acids is 3. The number of anilines is 1. The molecular weight excluding hydrogens is 913 g/mol. The lowest BCUT2D eigenvalue weighted by molar-refractivity contribution is -0.835. The van der Waals surface area contributed by atoms with Gasteiger partial charge >= 0.3 is 6.17 Å². The molecule has 17 heteroatoms. The molecule has 6 atom stereocenters. The van der Waals surface area contributed by atoms with Crippen molar-refractivity contribution in [2.24, 2.45) is 17.3 Å². The normalized spacial score (nSPS) is 26.1. The van der Waals surface area contributed by atoms with Gasteiger partial charge in [0.25, 0.3) is 5.91 Å². The quantitative estimate of drug-likeness (QED) is 0.198. The van der Waals surface area contributed by atoms with Crippen molar-refractivity contribution in [1.82, 2.24) is 40.4 Å². The van der Waals surface area contributed by atoms with Crippen LogP contribution < -0.4 is 25.7 Å². The number of benzene rings is 2. The van der Waals surface area contributed by atoms with E-state index in [1.807, 2.05) is 32.2 Å². The molecule has 3 amide bonds. The molecule has 1 saturated carbocycles. The van der Waals surface area contributed by atoms with Crippen molar-refractivity contribution in [2.75, 3.05) is 71.5 Å². The number of methoxy groups -OCH3 is 1. The molecule has 5 aliphatic heterocycles. The number of hydrogen-bond acceptors (Lipinski definition) is 12. The Morgan fingerprint density at radius 1 is 0.944 bits per heavy atom. The summed E-state index contributed by atoms with van der Waals surface area (Å²) < 4.78 is 15.1. The summed E-state index contributed by atoms with van der Waals surface area (Å²) in [4.78, 5) is 76.5. The molecule has 8 bridgehead atoms. The van der Waals surface area contributed by atoms with Gasteiger partial charge in [0.05, 0.1) is 46.2 Å². The van der Waals surface area contributed by atoms with Gasteiger partial charge in [0, 0.05) is 94.2 Å². The SMILES string of the molecule is CCn1c(-c2cc(N3CCN(C4CC4)CC3)cnc2[C@H](C)OC)c2c3cc(ccc31)-c1cc3cc(c1)OC[C@H]1NCC[C@@H]1C(=O)N(C)[C@@H](C(C)C)C(=O)NC(C3)C(=O)N1CCC[C@H](N1)[N+](=O)OCC(C)(C)C2. The Hall–Kier alpha value is -5.62. The summed E-state index contributed by atoms with van der Waals surface area (Å²) in [5, 5.41) is 9.14. The number of aromatic nitrogens is 2. The summed E-state index contributed by atoms with van der Waals surface area (Å²) in [6.45, 7) is 18.3. The monoisotopic (exact) mass is 988 g/mol. The van der Waals surface area contributed by atoms with Gasteiger partial charge in [-0.3, -0.25) is 29.3 Å². The van der Waals surface area contributed by atoms with Crippen LogP contribution in [0.5, 0.6) is 5.75 Å². The molecular formula is C55H75N10O7+. The largest absolute Gasteiger partial charge is 0.492 e. The van der Waals surface area contributed by atoms with Gasteiger partial charge in [-0.25, -0.2) is 4.84 Å². The highest BCUT2D eigenvalue weighted by molar-refractivity contribution is 5.96. The summed E-state index contributed by atoms with van der Waals surface area (Å²) in [5.41, 5.74) is 11.5. The van der Waals surface area contributed by atoms with E-state index < -0.39 is 35.5 Å². The van der Waals surface area contributed by atoms with Crippen molar-refractivity contribution in [3.8, 4) is 28.1 Å². The van der Waals surface area contributed by atoms with E-state index in [1.165, 1.54) is 17.9 Å². The van der Waals surface area contributed by atoms with E-state index in [0.29, 0.717) is 56.0 Å². The third kappa shape index (κ3) is 9.93. The first-order chi connectivity index (χ1) is 34.6. The molecule has 72 heavy (non-hydrogen) atoms. The number of nitrogens with one attached hydrogen (secondary N) is 3. The Bertz CT molecular complexity index is 2710. The van der Waals surface area contributed by atoms with E-state index in [9.17, 15) is 19.3 Å². The predicted octanol–water partition coefficient (Wildman–Crippen LogP) is 6.01. The van der Waals surface area contributed by atoms with Crippen LogP contribution in [0, 0.1) is 22.2 Å². The fourth-order valence-electron chi connectivity index (χ4n) is 12.1. The number of rotatable bonds is 7. The lowest BCUT2D eigenvalue weighted by atomic mass is 9.84. The zero-order chi connectivity index (χ0) is 50.6. The van der Waals surface area contributed by atoms with Crippen LogP contribution in [0.2, 0.25) is 0 Å². The molecule has 386 valence electrons. The molecule has 10 rings (SSSR count). The van der Waals surface area contributed by atoms with Crippen molar-refractivity contribution >= 4 is 34.3 Å². The lowest BCUT2D eigenvalue weighted by Crippen LogP contribution is -2.62. The molecule has 4 aromatic rings. The Balaban J connectivity index is 1.14. The minimum absolute atomic E-state index is 0.104. The second-order valence-electron chi connectivity index (χ2n) is 22.3. The second kappa shape index (κ2) is 20.4. The van der Waals surface area contributed by atoms with Crippen molar-refractivity contribution in [1.29, 1.82) is 0 Å². The van der Waals surface area contributed by atoms with E-state index in [1.54, 1.807) is 19.1 Å². The smallest absolute Gasteiger partial charge is 0.326 e. The number of hydrazine groups is 1. The number of piperazine rings is 1. The molecule has 4 fully saturated rings. The predicted molar refractivity (Wildman–Crippen MR) is 276 cm³/mol. The molecule has 2 aromatic carbocycles. The van der Waals surface area contributed by atoms with E-state index >= 15 is 0 Å². The molecule has 17 nitrogen and oxygen atoms in total. The minimum atomic E-state index is -1.05. The zero-order valence-electron chi connectivity index (χ0n) is 43.5. The van der Waals surface area contributed by atoms with Gasteiger partial charge in [0.15, 0.2) is 6.61 Å². The maximum absolute atomic E-state index is 14.9. The van der Waals surface area contributed by atoms with Crippen molar-refractivity contribution < 1.29 is 33.6 Å². The van der Waals surface area contributed by atoms with Crippen molar-refractivity contribution in [2.45, 2.75) is 129 Å². The fourth-order valence-corrected chi connectivity index (χ4v) is 12.1. The zero-order valence-corrected chi connectivity index (χ0v) is 43.5. The fraction of sp³-hybridized carbons (Fsp3) is 0.600. The van der Waals surface area contributed by atoms with Gasteiger partial charge in [0.2, 0.25) is 16.7 Å². The van der Waals surface area contributed by atoms with Crippen molar-refractivity contribution in [3.05, 3.63) is 70.4 Å². The van der Waals surface area contributed by atoms with Gasteiger partial charge < -0.3 is 34.5 Å². The molecule has 7 heterocycles. The summed E-state index contributed by atoms with van der Waals surface area (Å²) in [7, 11) is 3.41. The van der Waals surface area contributed by atoms with Gasteiger partial charge in [-0.2, -0.15) is 5.43 Å². The Labute approximate surface area is 423 Å². The topological polar surface area (TPSA) is 166 Å². The first-order valence-corrected chi connectivity index (χ1v) is 26.5. The number of pyridine rings is 1. The first kappa shape index (κ1) is 49.9. The standard InChI is InChI=1S/C55H74N10O7/c1-9-63-47-15-12-36-27-42(47)44(51(63)43-28-39(30-57-49(43)34(4)70-8)62-21-19-61(20-22-62)38-13-14-38)29-55(5,6)32-72-65(69)48-11-10-18-64(59-48)54(68)45-25-35-23-37(36)26-40(24-35)71-31-46-41(16-17-56-46)53(67)60(7)50(33(2)3)52(66)58-45/h12,15,23-24,26-28,30,33-34,38,41,45-46,48,50,56,59H,9-11,13-14,16-22,25,29,31-32H2,1-8H3/p+1/t34-,41-,45?,46+,48+,50-/m0/s1. The van der Waals surface area contributed by atoms with Crippen LogP contribution in [0.3, 0.4) is 0 Å². The Morgan fingerprint density at radius 3 is 2.47 bits per heavy atom. The van der Waals surface area contributed by atoms with Crippen molar-refractivity contribution in [3.63, 3.8) is 0 Å². The molecule has 3 saturated heterocycles. The summed E-state index contributed by atoms with van der Waals surface area (Å²) in [6.07, 6.45) is 5.75. The number of aryl methyl sites for hydroxylation is 1. The van der Waals surface area contributed by atoms with Crippen LogP contribution in [0.15, 0.2) is 48.7 Å². The number of amides is 3. The molecule has 0 radical (unpaired) electrons. The number of likely N-dealkylation sites (N-methyl/N-ethyl adjacent to an activating group) is 1. The van der Waals surface area contributed by atoms with Crippen LogP contribution >= 0.6 is 0 Å². The highest BCUT2D eigenvalue weighted by atomic mass is 16.8. The maximum Gasteiger partial charge on any atom is 0.326 e. The Kier molecular flexibility index (Phi) is 14.1. The molecule has 1 unspecified atom stereocenters. The summed E-state index contributed by atoms with van der Waals surface area (Å²) in [6, 6.07) is 13.6. The van der Waals surface area contributed by atoms with Gasteiger partial charge in [0.1, 0.15) is 24.4 Å². The average Bonchev–Trinajstić information content (AvgIpc) is 4.05. The van der Waals surface area contributed by atoms with Gasteiger partial charge in [-0.1, -0.05) is 39.8 Å². The molecule has 2 aromatic heterocycles. The Morgan fingerprint density at radius 2 is 1.74 bits per heavy atom. The average molecular weight is 988 g/mol. The van der Waals surface area contributed by atoms with Crippen LogP contribution in [0.25, 0.3) is 33.3 Å². The molecule has 3 N–H and O–H groups in total. The van der Waals surface area contributed by atoms with Crippen LogP contribution in [0.4, 0.5) is 5.69 Å².